The molecule has 2 aliphatic rings. The van der Waals surface area contributed by atoms with Gasteiger partial charge >= 0.3 is 0 Å². The fraction of sp³-hybridized carbons (Fsp3) is 0.545. The highest BCUT2D eigenvalue weighted by atomic mass is 35.5. The standard InChI is InChI=1S/C22H27ClN4O3/c1-13(2)20(29)27-11-16-9-17(10-22(16,12-27)21-24-14(3)26-30-21)25-19(28)8-15-6-4-5-7-18(15)23/h4-7,13,16-17H,8-12H2,1-3H3,(H,25,28)/t16?,17-,22+/m1/s1. The van der Waals surface area contributed by atoms with Crippen LogP contribution in [0.4, 0.5) is 0 Å². The van der Waals surface area contributed by atoms with Gasteiger partial charge in [0.1, 0.15) is 0 Å². The maximum absolute atomic E-state index is 12.7. The molecule has 4 rings (SSSR count). The lowest BCUT2D eigenvalue weighted by Gasteiger charge is -2.26. The molecule has 1 N–H and O–H groups in total. The lowest BCUT2D eigenvalue weighted by atomic mass is 9.80. The van der Waals surface area contributed by atoms with Gasteiger partial charge in [-0.1, -0.05) is 48.8 Å². The fourth-order valence-corrected chi connectivity index (χ4v) is 5.14. The van der Waals surface area contributed by atoms with Gasteiger partial charge in [-0.2, -0.15) is 4.98 Å². The normalized spacial score (nSPS) is 25.6. The third kappa shape index (κ3) is 3.83. The van der Waals surface area contributed by atoms with E-state index in [-0.39, 0.29) is 36.1 Å². The third-order valence-electron chi connectivity index (χ3n) is 6.31. The van der Waals surface area contributed by atoms with Crippen LogP contribution in [0, 0.1) is 18.8 Å². The second kappa shape index (κ2) is 8.02. The number of nitrogens with zero attached hydrogens (tertiary/aromatic N) is 3. The van der Waals surface area contributed by atoms with E-state index >= 15 is 0 Å². The average molecular weight is 431 g/mol. The first-order valence-corrected chi connectivity index (χ1v) is 10.8. The third-order valence-corrected chi connectivity index (χ3v) is 6.68. The molecule has 7 nitrogen and oxygen atoms in total. The van der Waals surface area contributed by atoms with Gasteiger partial charge in [0, 0.05) is 30.1 Å². The van der Waals surface area contributed by atoms with Crippen LogP contribution >= 0.6 is 11.6 Å². The van der Waals surface area contributed by atoms with Crippen molar-refractivity contribution in [3.05, 3.63) is 46.6 Å². The molecule has 1 saturated heterocycles. The second-order valence-electron chi connectivity index (χ2n) is 8.85. The first-order chi connectivity index (χ1) is 14.3. The Morgan fingerprint density at radius 2 is 2.13 bits per heavy atom. The zero-order chi connectivity index (χ0) is 21.5. The molecule has 0 bridgehead atoms. The van der Waals surface area contributed by atoms with Crippen LogP contribution in [0.15, 0.2) is 28.8 Å². The predicted molar refractivity (Wildman–Crippen MR) is 112 cm³/mol. The highest BCUT2D eigenvalue weighted by Gasteiger charge is 2.58. The van der Waals surface area contributed by atoms with E-state index in [0.717, 1.165) is 12.0 Å². The summed E-state index contributed by atoms with van der Waals surface area (Å²) in [5.74, 6) is 1.35. The maximum atomic E-state index is 12.7. The van der Waals surface area contributed by atoms with E-state index in [2.05, 4.69) is 15.5 Å². The van der Waals surface area contributed by atoms with Crippen molar-refractivity contribution in [2.75, 3.05) is 13.1 Å². The summed E-state index contributed by atoms with van der Waals surface area (Å²) in [5.41, 5.74) is 0.402. The number of amides is 2. The molecule has 1 aromatic carbocycles. The molecule has 1 saturated carbocycles. The molecule has 0 spiro atoms. The van der Waals surface area contributed by atoms with Crippen molar-refractivity contribution in [3.63, 3.8) is 0 Å². The number of carbonyl (C=O) groups excluding carboxylic acids is 2. The summed E-state index contributed by atoms with van der Waals surface area (Å²) in [7, 11) is 0. The van der Waals surface area contributed by atoms with Crippen LogP contribution < -0.4 is 5.32 Å². The van der Waals surface area contributed by atoms with E-state index in [1.54, 1.807) is 13.0 Å². The molecule has 2 fully saturated rings. The highest BCUT2D eigenvalue weighted by molar-refractivity contribution is 6.31. The van der Waals surface area contributed by atoms with E-state index in [1.807, 2.05) is 36.9 Å². The number of benzene rings is 1. The van der Waals surface area contributed by atoms with Gasteiger partial charge in [0.2, 0.25) is 17.7 Å². The minimum absolute atomic E-state index is 0.00602. The van der Waals surface area contributed by atoms with E-state index in [1.165, 1.54) is 0 Å². The number of halogens is 1. The van der Waals surface area contributed by atoms with E-state index in [4.69, 9.17) is 16.1 Å². The van der Waals surface area contributed by atoms with E-state index < -0.39 is 5.41 Å². The number of fused-ring (bicyclic) bond motifs is 1. The van der Waals surface area contributed by atoms with Gasteiger partial charge in [-0.3, -0.25) is 9.59 Å². The number of aromatic nitrogens is 2. The highest BCUT2D eigenvalue weighted by Crippen LogP contribution is 2.50. The van der Waals surface area contributed by atoms with Crippen molar-refractivity contribution in [3.8, 4) is 0 Å². The largest absolute Gasteiger partial charge is 0.353 e. The van der Waals surface area contributed by atoms with Crippen LogP contribution in [0.1, 0.15) is 44.0 Å². The van der Waals surface area contributed by atoms with Crippen LogP contribution in [0.5, 0.6) is 0 Å². The van der Waals surface area contributed by atoms with E-state index in [0.29, 0.717) is 36.2 Å². The molecule has 8 heteroatoms. The summed E-state index contributed by atoms with van der Waals surface area (Å²) in [4.78, 5) is 31.7. The Kier molecular flexibility index (Phi) is 5.57. The number of likely N-dealkylation sites (tertiary alicyclic amines) is 1. The van der Waals surface area contributed by atoms with Crippen molar-refractivity contribution in [2.45, 2.75) is 51.5 Å². The van der Waals surface area contributed by atoms with Crippen molar-refractivity contribution in [2.24, 2.45) is 11.8 Å². The summed E-state index contributed by atoms with van der Waals surface area (Å²) in [6, 6.07) is 7.37. The van der Waals surface area contributed by atoms with Crippen LogP contribution in [0.2, 0.25) is 5.02 Å². The summed E-state index contributed by atoms with van der Waals surface area (Å²) in [6.07, 6.45) is 1.69. The first kappa shape index (κ1) is 20.8. The summed E-state index contributed by atoms with van der Waals surface area (Å²) >= 11 is 6.19. The number of carbonyl (C=O) groups is 2. The number of aryl methyl sites for hydroxylation is 1. The van der Waals surface area contributed by atoms with Gasteiger partial charge in [-0.25, -0.2) is 0 Å². The molecule has 1 unspecified atom stereocenters. The molecule has 2 aromatic rings. The first-order valence-electron chi connectivity index (χ1n) is 10.4. The zero-order valence-electron chi connectivity index (χ0n) is 17.5. The molecule has 2 heterocycles. The van der Waals surface area contributed by atoms with Crippen molar-refractivity contribution in [1.29, 1.82) is 0 Å². The molecule has 160 valence electrons. The topological polar surface area (TPSA) is 88.3 Å². The van der Waals surface area contributed by atoms with Crippen LogP contribution in [0.3, 0.4) is 0 Å². The SMILES string of the molecule is Cc1noc([C@]23C[C@H](NC(=O)Cc4ccccc4Cl)CC2CN(C(=O)C(C)C)C3)n1. The molecule has 1 aromatic heterocycles. The molecule has 1 aliphatic heterocycles. The molecular formula is C22H27ClN4O3. The quantitative estimate of drug-likeness (QED) is 0.787. The molecular weight excluding hydrogens is 404 g/mol. The Morgan fingerprint density at radius 1 is 1.37 bits per heavy atom. The molecule has 2 amide bonds. The summed E-state index contributed by atoms with van der Waals surface area (Å²) in [6.45, 7) is 6.82. The lowest BCUT2D eigenvalue weighted by Crippen LogP contribution is -2.40. The Bertz CT molecular complexity index is 959. The number of rotatable bonds is 5. The Morgan fingerprint density at radius 3 is 2.80 bits per heavy atom. The van der Waals surface area contributed by atoms with Crippen molar-refractivity contribution in [1.82, 2.24) is 20.4 Å². The Hall–Kier alpha value is -2.41. The predicted octanol–water partition coefficient (Wildman–Crippen LogP) is 2.90. The fourth-order valence-electron chi connectivity index (χ4n) is 4.94. The maximum Gasteiger partial charge on any atom is 0.235 e. The smallest absolute Gasteiger partial charge is 0.235 e. The molecule has 0 radical (unpaired) electrons. The minimum Gasteiger partial charge on any atom is -0.353 e. The monoisotopic (exact) mass is 430 g/mol. The van der Waals surface area contributed by atoms with E-state index in [9.17, 15) is 9.59 Å². The van der Waals surface area contributed by atoms with Gasteiger partial charge in [-0.15, -0.1) is 0 Å². The van der Waals surface area contributed by atoms with Crippen LogP contribution in [-0.2, 0) is 21.4 Å². The van der Waals surface area contributed by atoms with Gasteiger partial charge in [0.05, 0.1) is 11.8 Å². The van der Waals surface area contributed by atoms with Crippen LogP contribution in [-0.4, -0.2) is 46.0 Å². The van der Waals surface area contributed by atoms with Gasteiger partial charge in [0.25, 0.3) is 0 Å². The molecule has 3 atom stereocenters. The Balaban J connectivity index is 1.50. The van der Waals surface area contributed by atoms with Gasteiger partial charge in [-0.05, 0) is 37.3 Å². The van der Waals surface area contributed by atoms with Crippen molar-refractivity contribution < 1.29 is 14.1 Å². The molecule has 30 heavy (non-hydrogen) atoms. The zero-order valence-corrected chi connectivity index (χ0v) is 18.3. The number of hydrogen-bond acceptors (Lipinski definition) is 5. The van der Waals surface area contributed by atoms with Gasteiger partial charge in [0.15, 0.2) is 5.82 Å². The second-order valence-corrected chi connectivity index (χ2v) is 9.25. The van der Waals surface area contributed by atoms with Crippen LogP contribution in [0.25, 0.3) is 0 Å². The van der Waals surface area contributed by atoms with Crippen molar-refractivity contribution >= 4 is 23.4 Å². The number of hydrogen-bond donors (Lipinski definition) is 1. The summed E-state index contributed by atoms with van der Waals surface area (Å²) < 4.78 is 5.58. The summed E-state index contributed by atoms with van der Waals surface area (Å²) in [5, 5.41) is 7.74. The molecule has 1 aliphatic carbocycles. The number of nitrogens with one attached hydrogen (secondary N) is 1. The average Bonchev–Trinajstić information content (AvgIpc) is 3.35. The lowest BCUT2D eigenvalue weighted by molar-refractivity contribution is -0.134. The Labute approximate surface area is 181 Å². The minimum atomic E-state index is -0.409. The van der Waals surface area contributed by atoms with Gasteiger partial charge < -0.3 is 14.7 Å².